The van der Waals surface area contributed by atoms with E-state index in [0.29, 0.717) is 12.1 Å². The van der Waals surface area contributed by atoms with Crippen molar-refractivity contribution < 1.29 is 5.11 Å². The quantitative estimate of drug-likeness (QED) is 0.688. The van der Waals surface area contributed by atoms with Crippen molar-refractivity contribution in [3.63, 3.8) is 0 Å². The van der Waals surface area contributed by atoms with Crippen LogP contribution in [-0.4, -0.2) is 23.3 Å². The third-order valence-corrected chi connectivity index (χ3v) is 4.27. The molecule has 0 amide bonds. The maximum absolute atomic E-state index is 9.81. The highest BCUT2D eigenvalue weighted by Crippen LogP contribution is 2.26. The first kappa shape index (κ1) is 11.4. The standard InChI is InChI=1S/C13H25NO/c1-10-6-3-2-4-7-11(10)14-12-8-5-9-13(12)15/h10-15H,2-9H2,1H3. The third kappa shape index (κ3) is 2.94. The lowest BCUT2D eigenvalue weighted by atomic mass is 9.96. The summed E-state index contributed by atoms with van der Waals surface area (Å²) in [5.41, 5.74) is 0. The minimum absolute atomic E-state index is 0.0829. The van der Waals surface area contributed by atoms with Crippen LogP contribution >= 0.6 is 0 Å². The minimum atomic E-state index is -0.0829. The molecule has 2 rings (SSSR count). The molecule has 0 bridgehead atoms. The minimum Gasteiger partial charge on any atom is -0.392 e. The van der Waals surface area contributed by atoms with Crippen molar-refractivity contribution in [2.24, 2.45) is 5.92 Å². The summed E-state index contributed by atoms with van der Waals surface area (Å²) in [5, 5.41) is 13.5. The summed E-state index contributed by atoms with van der Waals surface area (Å²) in [7, 11) is 0. The predicted molar refractivity (Wildman–Crippen MR) is 62.8 cm³/mol. The van der Waals surface area contributed by atoms with Gasteiger partial charge in [0.2, 0.25) is 0 Å². The average molecular weight is 211 g/mol. The zero-order valence-corrected chi connectivity index (χ0v) is 9.91. The SMILES string of the molecule is CC1CCCCCC1NC1CCCC1O. The predicted octanol–water partition coefficient (Wildman–Crippen LogP) is 2.46. The highest BCUT2D eigenvalue weighted by molar-refractivity contribution is 4.87. The second-order valence-electron chi connectivity index (χ2n) is 5.49. The Bertz CT molecular complexity index is 195. The highest BCUT2D eigenvalue weighted by atomic mass is 16.3. The van der Waals surface area contributed by atoms with E-state index in [2.05, 4.69) is 12.2 Å². The molecule has 2 aliphatic rings. The number of hydrogen-bond acceptors (Lipinski definition) is 2. The van der Waals surface area contributed by atoms with E-state index in [1.165, 1.54) is 44.9 Å². The van der Waals surface area contributed by atoms with Crippen molar-refractivity contribution in [1.82, 2.24) is 5.32 Å². The van der Waals surface area contributed by atoms with Gasteiger partial charge in [-0.15, -0.1) is 0 Å². The first-order chi connectivity index (χ1) is 7.27. The van der Waals surface area contributed by atoms with E-state index < -0.39 is 0 Å². The molecule has 2 saturated carbocycles. The zero-order valence-electron chi connectivity index (χ0n) is 9.91. The fourth-order valence-corrected chi connectivity index (χ4v) is 3.15. The van der Waals surface area contributed by atoms with Gasteiger partial charge in [0.25, 0.3) is 0 Å². The summed E-state index contributed by atoms with van der Waals surface area (Å²) in [6, 6.07) is 1.04. The second-order valence-corrected chi connectivity index (χ2v) is 5.49. The molecule has 0 aromatic carbocycles. The Morgan fingerprint density at radius 2 is 1.60 bits per heavy atom. The molecule has 0 radical (unpaired) electrons. The molecule has 0 aliphatic heterocycles. The molecule has 15 heavy (non-hydrogen) atoms. The van der Waals surface area contributed by atoms with Crippen molar-refractivity contribution in [1.29, 1.82) is 0 Å². The molecule has 2 N–H and O–H groups in total. The van der Waals surface area contributed by atoms with Crippen LogP contribution in [0.1, 0.15) is 58.3 Å². The maximum atomic E-state index is 9.81. The lowest BCUT2D eigenvalue weighted by molar-refractivity contribution is 0.135. The topological polar surface area (TPSA) is 32.3 Å². The molecule has 2 fully saturated rings. The van der Waals surface area contributed by atoms with E-state index >= 15 is 0 Å². The van der Waals surface area contributed by atoms with Crippen LogP contribution in [0, 0.1) is 5.92 Å². The summed E-state index contributed by atoms with van der Waals surface area (Å²) in [4.78, 5) is 0. The Labute approximate surface area is 93.5 Å². The van der Waals surface area contributed by atoms with Gasteiger partial charge in [0.1, 0.15) is 0 Å². The van der Waals surface area contributed by atoms with E-state index in [-0.39, 0.29) is 6.10 Å². The van der Waals surface area contributed by atoms with Gasteiger partial charge in [-0.3, -0.25) is 0 Å². The summed E-state index contributed by atoms with van der Waals surface area (Å²) in [6.45, 7) is 2.37. The zero-order chi connectivity index (χ0) is 10.7. The molecule has 0 saturated heterocycles. The normalized spacial score (nSPS) is 42.8. The van der Waals surface area contributed by atoms with E-state index in [0.717, 1.165) is 12.3 Å². The number of hydrogen-bond donors (Lipinski definition) is 2. The van der Waals surface area contributed by atoms with Crippen LogP contribution in [0.3, 0.4) is 0 Å². The lowest BCUT2D eigenvalue weighted by Crippen LogP contribution is -2.45. The Hall–Kier alpha value is -0.0800. The maximum Gasteiger partial charge on any atom is 0.0693 e. The lowest BCUT2D eigenvalue weighted by Gasteiger charge is -2.28. The summed E-state index contributed by atoms with van der Waals surface area (Å²) < 4.78 is 0. The second kappa shape index (κ2) is 5.31. The van der Waals surface area contributed by atoms with Gasteiger partial charge >= 0.3 is 0 Å². The van der Waals surface area contributed by atoms with E-state index in [1.807, 2.05) is 0 Å². The van der Waals surface area contributed by atoms with Crippen molar-refractivity contribution >= 4 is 0 Å². The summed E-state index contributed by atoms with van der Waals surface area (Å²) >= 11 is 0. The van der Waals surface area contributed by atoms with Crippen molar-refractivity contribution in [2.45, 2.75) is 76.5 Å². The molecule has 4 atom stereocenters. The van der Waals surface area contributed by atoms with Gasteiger partial charge in [0, 0.05) is 12.1 Å². The van der Waals surface area contributed by atoms with Crippen LogP contribution in [0.25, 0.3) is 0 Å². The van der Waals surface area contributed by atoms with Crippen molar-refractivity contribution in [3.8, 4) is 0 Å². The van der Waals surface area contributed by atoms with Crippen LogP contribution in [0.5, 0.6) is 0 Å². The van der Waals surface area contributed by atoms with Gasteiger partial charge in [0.15, 0.2) is 0 Å². The third-order valence-electron chi connectivity index (χ3n) is 4.27. The Morgan fingerprint density at radius 3 is 2.33 bits per heavy atom. The fourth-order valence-electron chi connectivity index (χ4n) is 3.15. The Morgan fingerprint density at radius 1 is 0.867 bits per heavy atom. The Balaban J connectivity index is 1.85. The van der Waals surface area contributed by atoms with E-state index in [4.69, 9.17) is 0 Å². The molecule has 2 heteroatoms. The van der Waals surface area contributed by atoms with Gasteiger partial charge in [-0.25, -0.2) is 0 Å². The van der Waals surface area contributed by atoms with Gasteiger partial charge in [0.05, 0.1) is 6.10 Å². The van der Waals surface area contributed by atoms with Crippen molar-refractivity contribution in [3.05, 3.63) is 0 Å². The number of aliphatic hydroxyl groups excluding tert-OH is 1. The molecule has 4 unspecified atom stereocenters. The van der Waals surface area contributed by atoms with Crippen LogP contribution in [-0.2, 0) is 0 Å². The molecule has 0 aromatic rings. The van der Waals surface area contributed by atoms with Gasteiger partial charge in [-0.05, 0) is 38.0 Å². The number of aliphatic hydroxyl groups is 1. The van der Waals surface area contributed by atoms with Crippen LogP contribution < -0.4 is 5.32 Å². The number of nitrogens with one attached hydrogen (secondary N) is 1. The molecule has 0 heterocycles. The smallest absolute Gasteiger partial charge is 0.0693 e. The van der Waals surface area contributed by atoms with Gasteiger partial charge in [-0.2, -0.15) is 0 Å². The van der Waals surface area contributed by atoms with Crippen LogP contribution in [0.15, 0.2) is 0 Å². The summed E-state index contributed by atoms with van der Waals surface area (Å²) in [6.07, 6.45) is 10.1. The molecule has 0 aromatic heterocycles. The summed E-state index contributed by atoms with van der Waals surface area (Å²) in [5.74, 6) is 0.792. The van der Waals surface area contributed by atoms with Crippen LogP contribution in [0.4, 0.5) is 0 Å². The molecule has 88 valence electrons. The average Bonchev–Trinajstić information content (AvgIpc) is 2.50. The van der Waals surface area contributed by atoms with Crippen LogP contribution in [0.2, 0.25) is 0 Å². The first-order valence-corrected chi connectivity index (χ1v) is 6.71. The van der Waals surface area contributed by atoms with Gasteiger partial charge < -0.3 is 10.4 Å². The Kier molecular flexibility index (Phi) is 4.04. The largest absolute Gasteiger partial charge is 0.392 e. The fraction of sp³-hybridized carbons (Fsp3) is 1.00. The molecular formula is C13H25NO. The van der Waals surface area contributed by atoms with E-state index in [1.54, 1.807) is 0 Å². The molecule has 0 spiro atoms. The van der Waals surface area contributed by atoms with Crippen molar-refractivity contribution in [2.75, 3.05) is 0 Å². The molecule has 2 aliphatic carbocycles. The first-order valence-electron chi connectivity index (χ1n) is 6.71. The number of rotatable bonds is 2. The molecular weight excluding hydrogens is 186 g/mol. The monoisotopic (exact) mass is 211 g/mol. The van der Waals surface area contributed by atoms with Gasteiger partial charge in [-0.1, -0.05) is 26.2 Å². The molecule has 2 nitrogen and oxygen atoms in total. The highest BCUT2D eigenvalue weighted by Gasteiger charge is 2.29. The van der Waals surface area contributed by atoms with E-state index in [9.17, 15) is 5.11 Å².